The zero-order chi connectivity index (χ0) is 22.0. The largest absolute Gasteiger partial charge is 0.508 e. The number of furan rings is 1. The van der Waals surface area contributed by atoms with Gasteiger partial charge in [0.25, 0.3) is 11.8 Å². The van der Waals surface area contributed by atoms with Gasteiger partial charge in [-0.15, -0.1) is 0 Å². The molecule has 2 heterocycles. The quantitative estimate of drug-likeness (QED) is 0.656. The van der Waals surface area contributed by atoms with Crippen LogP contribution in [-0.4, -0.2) is 58.7 Å². The van der Waals surface area contributed by atoms with E-state index in [9.17, 15) is 19.5 Å². The lowest BCUT2D eigenvalue weighted by Crippen LogP contribution is -2.50. The molecule has 0 bridgehead atoms. The molecule has 0 radical (unpaired) electrons. The first-order valence-electron chi connectivity index (χ1n) is 10.0. The Balaban J connectivity index is 1.38. The summed E-state index contributed by atoms with van der Waals surface area (Å²) in [6.45, 7) is 3.17. The first-order chi connectivity index (χ1) is 14.9. The van der Waals surface area contributed by atoms with Gasteiger partial charge in [0.05, 0.1) is 0 Å². The molecule has 0 aliphatic carbocycles. The van der Waals surface area contributed by atoms with Gasteiger partial charge in [-0.2, -0.15) is 0 Å². The highest BCUT2D eigenvalue weighted by Gasteiger charge is 2.27. The van der Waals surface area contributed by atoms with Gasteiger partial charge in [0, 0.05) is 42.9 Å². The first-order valence-corrected chi connectivity index (χ1v) is 10.0. The number of benzene rings is 2. The lowest BCUT2D eigenvalue weighted by atomic mass is 10.1. The van der Waals surface area contributed by atoms with Crippen molar-refractivity contribution < 1.29 is 23.9 Å². The molecule has 1 aromatic heterocycles. The topological polar surface area (TPSA) is 91.1 Å². The summed E-state index contributed by atoms with van der Waals surface area (Å²) >= 11 is 0. The number of phenolic OH excluding ortho intramolecular Hbond substituents is 1. The zero-order valence-corrected chi connectivity index (χ0v) is 17.1. The number of amides is 2. The Morgan fingerprint density at radius 1 is 0.742 bits per heavy atom. The molecule has 3 aromatic rings. The van der Waals surface area contributed by atoms with Gasteiger partial charge < -0.3 is 19.3 Å². The summed E-state index contributed by atoms with van der Waals surface area (Å²) in [6.07, 6.45) is 0. The average molecular weight is 418 g/mol. The number of hydrogen-bond acceptors (Lipinski definition) is 5. The lowest BCUT2D eigenvalue weighted by molar-refractivity contribution is 0.0518. The van der Waals surface area contributed by atoms with Gasteiger partial charge in [-0.3, -0.25) is 14.4 Å². The van der Waals surface area contributed by atoms with Crippen LogP contribution in [0.1, 0.15) is 38.2 Å². The number of hydrogen-bond donors (Lipinski definition) is 1. The normalized spacial score (nSPS) is 13.8. The summed E-state index contributed by atoms with van der Waals surface area (Å²) in [6, 6.07) is 16.5. The summed E-state index contributed by atoms with van der Waals surface area (Å²) in [5.74, 6) is 0.553. The molecule has 1 saturated heterocycles. The molecule has 1 aliphatic heterocycles. The fourth-order valence-corrected chi connectivity index (χ4v) is 3.53. The minimum absolute atomic E-state index is 0.00935. The number of Topliss-reactive ketones (excluding diaryl/α,β-unsaturated/α-hetero) is 1. The minimum Gasteiger partial charge on any atom is -0.508 e. The number of rotatable bonds is 4. The maximum absolute atomic E-state index is 12.8. The first kappa shape index (κ1) is 20.4. The Morgan fingerprint density at radius 3 is 1.87 bits per heavy atom. The Hall–Kier alpha value is -3.87. The van der Waals surface area contributed by atoms with Crippen molar-refractivity contribution in [2.24, 2.45) is 0 Å². The molecule has 158 valence electrons. The Labute approximate surface area is 179 Å². The van der Waals surface area contributed by atoms with Crippen LogP contribution in [0.3, 0.4) is 0 Å². The molecule has 1 fully saturated rings. The average Bonchev–Trinajstić information content (AvgIpc) is 3.29. The highest BCUT2D eigenvalue weighted by Crippen LogP contribution is 2.24. The number of carbonyl (C=O) groups is 3. The fourth-order valence-electron chi connectivity index (χ4n) is 3.53. The summed E-state index contributed by atoms with van der Waals surface area (Å²) < 4.78 is 5.76. The SMILES string of the molecule is CC(=O)c1ccc(-c2ccc(C(=O)N3CCN(C(=O)c4ccc(O)cc4)CC3)o2)cc1. The number of carbonyl (C=O) groups excluding carboxylic acids is 3. The molecule has 31 heavy (non-hydrogen) atoms. The van der Waals surface area contributed by atoms with Crippen LogP contribution in [0, 0.1) is 0 Å². The van der Waals surface area contributed by atoms with Crippen LogP contribution in [0.2, 0.25) is 0 Å². The van der Waals surface area contributed by atoms with Crippen molar-refractivity contribution in [1.82, 2.24) is 9.80 Å². The van der Waals surface area contributed by atoms with Gasteiger partial charge in [0.2, 0.25) is 0 Å². The van der Waals surface area contributed by atoms with Crippen molar-refractivity contribution in [2.45, 2.75) is 6.92 Å². The number of ketones is 1. The van der Waals surface area contributed by atoms with Gasteiger partial charge in [-0.1, -0.05) is 24.3 Å². The number of aromatic hydroxyl groups is 1. The highest BCUT2D eigenvalue weighted by atomic mass is 16.4. The highest BCUT2D eigenvalue weighted by molar-refractivity contribution is 5.96. The Morgan fingerprint density at radius 2 is 1.29 bits per heavy atom. The van der Waals surface area contributed by atoms with Gasteiger partial charge in [0.15, 0.2) is 11.5 Å². The second-order valence-electron chi connectivity index (χ2n) is 7.43. The van der Waals surface area contributed by atoms with Gasteiger partial charge in [-0.25, -0.2) is 0 Å². The van der Waals surface area contributed by atoms with Gasteiger partial charge >= 0.3 is 0 Å². The maximum atomic E-state index is 12.8. The standard InChI is InChI=1S/C24H22N2O5/c1-16(27)17-2-4-18(5-3-17)21-10-11-22(31-21)24(30)26-14-12-25(13-15-26)23(29)19-6-8-20(28)9-7-19/h2-11,28H,12-15H2,1H3. The second-order valence-corrected chi connectivity index (χ2v) is 7.43. The molecule has 1 aliphatic rings. The molecule has 7 nitrogen and oxygen atoms in total. The predicted octanol–water partition coefficient (Wildman–Crippen LogP) is 3.45. The summed E-state index contributed by atoms with van der Waals surface area (Å²) in [4.78, 5) is 40.2. The molecule has 2 aromatic carbocycles. The molecule has 1 N–H and O–H groups in total. The minimum atomic E-state index is -0.219. The summed E-state index contributed by atoms with van der Waals surface area (Å²) in [7, 11) is 0. The van der Waals surface area contributed by atoms with Crippen molar-refractivity contribution >= 4 is 17.6 Å². The van der Waals surface area contributed by atoms with Crippen LogP contribution >= 0.6 is 0 Å². The molecular formula is C24H22N2O5. The third-order valence-corrected chi connectivity index (χ3v) is 5.36. The van der Waals surface area contributed by atoms with E-state index in [1.165, 1.54) is 19.1 Å². The van der Waals surface area contributed by atoms with Crippen molar-refractivity contribution in [3.05, 3.63) is 77.6 Å². The van der Waals surface area contributed by atoms with E-state index in [0.717, 1.165) is 5.56 Å². The number of piperazine rings is 1. The molecule has 4 rings (SSSR count). The molecule has 0 atom stereocenters. The van der Waals surface area contributed by atoms with Crippen LogP contribution in [-0.2, 0) is 0 Å². The van der Waals surface area contributed by atoms with E-state index in [4.69, 9.17) is 4.42 Å². The van der Waals surface area contributed by atoms with Crippen LogP contribution in [0.4, 0.5) is 0 Å². The fraction of sp³-hybridized carbons (Fsp3) is 0.208. The van der Waals surface area contributed by atoms with Crippen LogP contribution < -0.4 is 0 Å². The Bertz CT molecular complexity index is 1110. The van der Waals surface area contributed by atoms with E-state index >= 15 is 0 Å². The molecule has 0 saturated carbocycles. The summed E-state index contributed by atoms with van der Waals surface area (Å²) in [5, 5.41) is 9.37. The van der Waals surface area contributed by atoms with E-state index in [1.807, 2.05) is 0 Å². The van der Waals surface area contributed by atoms with Crippen molar-refractivity contribution in [2.75, 3.05) is 26.2 Å². The molecule has 2 amide bonds. The zero-order valence-electron chi connectivity index (χ0n) is 17.1. The van der Waals surface area contributed by atoms with E-state index in [2.05, 4.69) is 0 Å². The maximum Gasteiger partial charge on any atom is 0.289 e. The number of nitrogens with zero attached hydrogens (tertiary/aromatic N) is 2. The van der Waals surface area contributed by atoms with E-state index in [0.29, 0.717) is 43.1 Å². The monoisotopic (exact) mass is 418 g/mol. The smallest absolute Gasteiger partial charge is 0.289 e. The molecule has 0 spiro atoms. The number of phenols is 1. The lowest BCUT2D eigenvalue weighted by Gasteiger charge is -2.34. The van der Waals surface area contributed by atoms with Gasteiger partial charge in [-0.05, 0) is 43.3 Å². The van der Waals surface area contributed by atoms with Crippen molar-refractivity contribution in [3.63, 3.8) is 0 Å². The van der Waals surface area contributed by atoms with Crippen molar-refractivity contribution in [3.8, 4) is 17.1 Å². The van der Waals surface area contributed by atoms with Crippen molar-refractivity contribution in [1.29, 1.82) is 0 Å². The summed E-state index contributed by atoms with van der Waals surface area (Å²) in [5.41, 5.74) is 1.91. The third-order valence-electron chi connectivity index (χ3n) is 5.36. The van der Waals surface area contributed by atoms with E-state index in [-0.39, 0.29) is 29.1 Å². The molecule has 7 heteroatoms. The molecular weight excluding hydrogens is 396 g/mol. The van der Waals surface area contributed by atoms with E-state index in [1.54, 1.807) is 58.3 Å². The van der Waals surface area contributed by atoms with Crippen LogP contribution in [0.15, 0.2) is 65.1 Å². The van der Waals surface area contributed by atoms with Crippen LogP contribution in [0.5, 0.6) is 5.75 Å². The Kier molecular flexibility index (Phi) is 5.58. The van der Waals surface area contributed by atoms with E-state index < -0.39 is 0 Å². The van der Waals surface area contributed by atoms with Crippen LogP contribution in [0.25, 0.3) is 11.3 Å². The third kappa shape index (κ3) is 4.35. The predicted molar refractivity (Wildman–Crippen MR) is 114 cm³/mol. The molecule has 0 unspecified atom stereocenters. The van der Waals surface area contributed by atoms with Gasteiger partial charge in [0.1, 0.15) is 11.5 Å². The second kappa shape index (κ2) is 8.47.